The number of hydrogen-bond donors (Lipinski definition) is 2. The number of fused-ring (bicyclic) bond motifs is 6. The quantitative estimate of drug-likeness (QED) is 0.533. The molecule has 35 heavy (non-hydrogen) atoms. The molecule has 0 radical (unpaired) electrons. The first-order chi connectivity index (χ1) is 17.1. The van der Waals surface area contributed by atoms with Gasteiger partial charge in [-0.15, -0.1) is 11.3 Å². The number of ether oxygens (including phenoxy) is 1. The number of likely N-dealkylation sites (N-methyl/N-ethyl adjacent to an activating group) is 1. The molecular weight excluding hydrogens is 466 g/mol. The van der Waals surface area contributed by atoms with Crippen molar-refractivity contribution in [1.82, 2.24) is 30.0 Å². The van der Waals surface area contributed by atoms with Gasteiger partial charge in [0.1, 0.15) is 10.7 Å². The summed E-state index contributed by atoms with van der Waals surface area (Å²) in [6.07, 6.45) is 6.95. The van der Waals surface area contributed by atoms with Crippen LogP contribution in [-0.4, -0.2) is 76.4 Å². The molecule has 5 heterocycles. The third kappa shape index (κ3) is 5.58. The number of nitrogens with zero attached hydrogens (tertiary/aromatic N) is 5. The lowest BCUT2D eigenvalue weighted by molar-refractivity contribution is 0.0660. The number of amides is 2. The maximum Gasteiger partial charge on any atom is 0.275 e. The number of carbonyl (C=O) groups excluding carboxylic acids is 2. The van der Waals surface area contributed by atoms with Crippen molar-refractivity contribution < 1.29 is 14.3 Å². The highest BCUT2D eigenvalue weighted by Gasteiger charge is 2.24. The number of thiazole rings is 1. The molecule has 0 atom stereocenters. The number of rotatable bonds is 1. The zero-order valence-electron chi connectivity index (χ0n) is 19.7. The fraction of sp³-hybridized carbons (Fsp3) is 0.458. The predicted octanol–water partition coefficient (Wildman–Crippen LogP) is 2.61. The molecule has 2 aliphatic heterocycles. The summed E-state index contributed by atoms with van der Waals surface area (Å²) in [7, 11) is 2.04. The SMILES string of the molecule is CN1CCCc2cc(ccn2)-c2nc(cs2)C(=O)Nc2cn(C3CCOCC3)nc2C(=O)NCC1. The molecule has 11 heteroatoms. The van der Waals surface area contributed by atoms with Crippen LogP contribution in [0.5, 0.6) is 0 Å². The van der Waals surface area contributed by atoms with E-state index in [-0.39, 0.29) is 23.6 Å². The first-order valence-electron chi connectivity index (χ1n) is 11.9. The maximum atomic E-state index is 13.1. The van der Waals surface area contributed by atoms with Crippen LogP contribution >= 0.6 is 11.3 Å². The van der Waals surface area contributed by atoms with E-state index in [9.17, 15) is 9.59 Å². The average Bonchev–Trinajstić information content (AvgIpc) is 3.52. The second-order valence-electron chi connectivity index (χ2n) is 8.91. The fourth-order valence-corrected chi connectivity index (χ4v) is 5.12. The predicted molar refractivity (Wildman–Crippen MR) is 133 cm³/mol. The Morgan fingerprint density at radius 3 is 2.89 bits per heavy atom. The normalized spacial score (nSPS) is 18.8. The molecule has 0 unspecified atom stereocenters. The molecule has 2 amide bonds. The average molecular weight is 496 g/mol. The number of aryl methyl sites for hydroxylation is 1. The van der Waals surface area contributed by atoms with Crippen LogP contribution in [0.25, 0.3) is 10.6 Å². The minimum atomic E-state index is -0.372. The first-order valence-corrected chi connectivity index (χ1v) is 12.8. The number of nitrogens with one attached hydrogen (secondary N) is 2. The Kier molecular flexibility index (Phi) is 7.16. The van der Waals surface area contributed by atoms with Gasteiger partial charge in [-0.1, -0.05) is 0 Å². The summed E-state index contributed by atoms with van der Waals surface area (Å²) in [4.78, 5) is 37.3. The van der Waals surface area contributed by atoms with Crippen molar-refractivity contribution in [2.45, 2.75) is 31.7 Å². The summed E-state index contributed by atoms with van der Waals surface area (Å²) >= 11 is 1.41. The van der Waals surface area contributed by atoms with Crippen molar-refractivity contribution in [1.29, 1.82) is 0 Å². The lowest BCUT2D eigenvalue weighted by Gasteiger charge is -2.22. The van der Waals surface area contributed by atoms with Gasteiger partial charge in [-0.3, -0.25) is 19.3 Å². The first kappa shape index (κ1) is 23.6. The molecule has 5 rings (SSSR count). The molecule has 1 fully saturated rings. The van der Waals surface area contributed by atoms with E-state index in [0.717, 1.165) is 48.5 Å². The van der Waals surface area contributed by atoms with E-state index in [2.05, 4.69) is 30.6 Å². The molecule has 2 N–H and O–H groups in total. The standard InChI is InChI=1S/C24H29N7O3S/c1-30-9-2-3-17-13-16(4-7-25-17)24-28-20(15-35-24)22(32)27-19-14-31(18-5-11-34-12-6-18)29-21(19)23(33)26-8-10-30/h4,7,13-15,18H,2-3,5-6,8-12H2,1H3,(H,26,33)(H,27,32). The number of anilines is 1. The lowest BCUT2D eigenvalue weighted by atomic mass is 10.1. The molecular formula is C24H29N7O3S. The van der Waals surface area contributed by atoms with Crippen LogP contribution in [-0.2, 0) is 11.2 Å². The Labute approximate surface area is 207 Å². The van der Waals surface area contributed by atoms with E-state index in [1.54, 1.807) is 22.5 Å². The van der Waals surface area contributed by atoms with Crippen LogP contribution in [0.3, 0.4) is 0 Å². The fourth-order valence-electron chi connectivity index (χ4n) is 4.32. The van der Waals surface area contributed by atoms with Gasteiger partial charge in [-0.25, -0.2) is 4.98 Å². The molecule has 3 aromatic heterocycles. The monoisotopic (exact) mass is 495 g/mol. The molecule has 0 spiro atoms. The largest absolute Gasteiger partial charge is 0.381 e. The third-order valence-electron chi connectivity index (χ3n) is 6.31. The summed E-state index contributed by atoms with van der Waals surface area (Å²) in [5.74, 6) is -0.679. The third-order valence-corrected chi connectivity index (χ3v) is 7.20. The van der Waals surface area contributed by atoms with Gasteiger partial charge in [0.15, 0.2) is 5.69 Å². The van der Waals surface area contributed by atoms with E-state index >= 15 is 0 Å². The Balaban J connectivity index is 1.46. The van der Waals surface area contributed by atoms with Crippen LogP contribution < -0.4 is 10.6 Å². The maximum absolute atomic E-state index is 13.1. The summed E-state index contributed by atoms with van der Waals surface area (Å²) in [5.41, 5.74) is 2.84. The highest BCUT2D eigenvalue weighted by Crippen LogP contribution is 2.27. The van der Waals surface area contributed by atoms with Crippen LogP contribution in [0.2, 0.25) is 0 Å². The number of aromatic nitrogens is 4. The molecule has 0 saturated carbocycles. The van der Waals surface area contributed by atoms with Gasteiger partial charge in [0.25, 0.3) is 11.8 Å². The summed E-state index contributed by atoms with van der Waals surface area (Å²) in [6, 6.07) is 4.08. The minimum absolute atomic E-state index is 0.125. The Hall–Kier alpha value is -3.15. The zero-order valence-corrected chi connectivity index (χ0v) is 20.5. The second-order valence-corrected chi connectivity index (χ2v) is 9.76. The summed E-state index contributed by atoms with van der Waals surface area (Å²) < 4.78 is 7.24. The number of carbonyl (C=O) groups is 2. The molecule has 1 saturated heterocycles. The Morgan fingerprint density at radius 2 is 2.03 bits per heavy atom. The summed E-state index contributed by atoms with van der Waals surface area (Å²) in [5, 5.41) is 12.9. The van der Waals surface area contributed by atoms with Crippen LogP contribution in [0.15, 0.2) is 29.9 Å². The van der Waals surface area contributed by atoms with Gasteiger partial charge >= 0.3 is 0 Å². The van der Waals surface area contributed by atoms with Crippen LogP contribution in [0, 0.1) is 0 Å². The van der Waals surface area contributed by atoms with Crippen molar-refractivity contribution in [3.63, 3.8) is 0 Å². The molecule has 0 aliphatic carbocycles. The van der Waals surface area contributed by atoms with Crippen molar-refractivity contribution in [3.8, 4) is 10.6 Å². The zero-order chi connectivity index (χ0) is 24.2. The van der Waals surface area contributed by atoms with E-state index in [0.29, 0.717) is 37.7 Å². The molecule has 4 bridgehead atoms. The van der Waals surface area contributed by atoms with E-state index in [4.69, 9.17) is 4.74 Å². The van der Waals surface area contributed by atoms with E-state index in [1.165, 1.54) is 11.3 Å². The molecule has 0 aromatic carbocycles. The molecule has 2 aliphatic rings. The van der Waals surface area contributed by atoms with E-state index < -0.39 is 0 Å². The van der Waals surface area contributed by atoms with Gasteiger partial charge < -0.3 is 20.3 Å². The minimum Gasteiger partial charge on any atom is -0.381 e. The van der Waals surface area contributed by atoms with Gasteiger partial charge in [0.2, 0.25) is 0 Å². The van der Waals surface area contributed by atoms with Gasteiger partial charge in [0, 0.05) is 55.3 Å². The van der Waals surface area contributed by atoms with Crippen LogP contribution in [0.4, 0.5) is 5.69 Å². The highest BCUT2D eigenvalue weighted by atomic mass is 32.1. The van der Waals surface area contributed by atoms with Crippen molar-refractivity contribution >= 4 is 28.8 Å². The molecule has 10 nitrogen and oxygen atoms in total. The van der Waals surface area contributed by atoms with Crippen molar-refractivity contribution in [3.05, 3.63) is 47.0 Å². The Bertz CT molecular complexity index is 1200. The summed E-state index contributed by atoms with van der Waals surface area (Å²) in [6.45, 7) is 3.39. The van der Waals surface area contributed by atoms with Gasteiger partial charge in [-0.05, 0) is 51.4 Å². The molecule has 3 aromatic rings. The van der Waals surface area contributed by atoms with Gasteiger partial charge in [0.05, 0.1) is 11.7 Å². The van der Waals surface area contributed by atoms with Crippen molar-refractivity contribution in [2.24, 2.45) is 0 Å². The smallest absolute Gasteiger partial charge is 0.275 e. The lowest BCUT2D eigenvalue weighted by Crippen LogP contribution is -2.34. The number of pyridine rings is 1. The number of hydrogen-bond acceptors (Lipinski definition) is 8. The highest BCUT2D eigenvalue weighted by molar-refractivity contribution is 7.13. The topological polar surface area (TPSA) is 114 Å². The van der Waals surface area contributed by atoms with E-state index in [1.807, 2.05) is 19.2 Å². The van der Waals surface area contributed by atoms with Gasteiger partial charge in [-0.2, -0.15) is 5.10 Å². The van der Waals surface area contributed by atoms with Crippen molar-refractivity contribution in [2.75, 3.05) is 45.2 Å². The Morgan fingerprint density at radius 1 is 1.17 bits per heavy atom. The second kappa shape index (κ2) is 10.6. The molecule has 184 valence electrons. The van der Waals surface area contributed by atoms with Crippen LogP contribution in [0.1, 0.15) is 52.0 Å².